The first-order valence-corrected chi connectivity index (χ1v) is 8.50. The van der Waals surface area contributed by atoms with Gasteiger partial charge in [-0.25, -0.2) is 0 Å². The zero-order valence-electron chi connectivity index (χ0n) is 11.6. The Labute approximate surface area is 111 Å². The molecule has 3 heteroatoms. The summed E-state index contributed by atoms with van der Waals surface area (Å²) < 4.78 is 0. The number of rotatable bonds is 4. The molecule has 1 saturated carbocycles. The maximum Gasteiger partial charge on any atom is 0.0197 e. The molecule has 1 aliphatic heterocycles. The highest BCUT2D eigenvalue weighted by molar-refractivity contribution is 7.99. The molecule has 1 N–H and O–H groups in total. The number of thioether (sulfide) groups is 1. The molecule has 2 aliphatic rings. The summed E-state index contributed by atoms with van der Waals surface area (Å²) in [6.07, 6.45) is 9.31. The van der Waals surface area contributed by atoms with E-state index in [1.165, 1.54) is 45.2 Å². The van der Waals surface area contributed by atoms with Crippen molar-refractivity contribution in [2.45, 2.75) is 69.3 Å². The Morgan fingerprint density at radius 1 is 1.24 bits per heavy atom. The van der Waals surface area contributed by atoms with Gasteiger partial charge in [-0.3, -0.25) is 4.90 Å². The number of likely N-dealkylation sites (tertiary alicyclic amines) is 1. The van der Waals surface area contributed by atoms with E-state index in [-0.39, 0.29) is 0 Å². The van der Waals surface area contributed by atoms with E-state index >= 15 is 0 Å². The summed E-state index contributed by atoms with van der Waals surface area (Å²) in [4.78, 5) is 2.76. The fourth-order valence-electron chi connectivity index (χ4n) is 3.41. The third-order valence-electron chi connectivity index (χ3n) is 4.23. The Bertz CT molecular complexity index is 232. The second-order valence-electron chi connectivity index (χ2n) is 5.98. The minimum Gasteiger partial charge on any atom is -0.311 e. The Balaban J connectivity index is 1.81. The van der Waals surface area contributed by atoms with Crippen LogP contribution in [0.1, 0.15) is 46.0 Å². The lowest BCUT2D eigenvalue weighted by Gasteiger charge is -2.38. The second-order valence-corrected chi connectivity index (χ2v) is 7.12. The fourth-order valence-corrected chi connectivity index (χ4v) is 4.20. The molecule has 2 nitrogen and oxygen atoms in total. The first-order chi connectivity index (χ1) is 8.19. The molecule has 0 aromatic heterocycles. The molecule has 0 bridgehead atoms. The van der Waals surface area contributed by atoms with Crippen molar-refractivity contribution in [3.8, 4) is 0 Å². The predicted octanol–water partition coefficient (Wildman–Crippen LogP) is 2.73. The standard InChI is InChI=1S/C14H28N2S/c1-11(2)15-12-5-4-8-16(10-12)13-6-7-14(9-13)17-3/h11-15H,4-10H2,1-3H3. The molecule has 1 heterocycles. The molecule has 0 spiro atoms. The summed E-state index contributed by atoms with van der Waals surface area (Å²) in [6, 6.07) is 2.24. The monoisotopic (exact) mass is 256 g/mol. The van der Waals surface area contributed by atoms with Gasteiger partial charge >= 0.3 is 0 Å². The zero-order valence-corrected chi connectivity index (χ0v) is 12.4. The van der Waals surface area contributed by atoms with E-state index in [0.29, 0.717) is 6.04 Å². The molecule has 3 atom stereocenters. The van der Waals surface area contributed by atoms with Gasteiger partial charge in [0.15, 0.2) is 0 Å². The van der Waals surface area contributed by atoms with Gasteiger partial charge < -0.3 is 5.32 Å². The van der Waals surface area contributed by atoms with Crippen LogP contribution in [-0.2, 0) is 0 Å². The number of piperidine rings is 1. The van der Waals surface area contributed by atoms with Crippen LogP contribution in [0.5, 0.6) is 0 Å². The van der Waals surface area contributed by atoms with Gasteiger partial charge in [0.25, 0.3) is 0 Å². The highest BCUT2D eigenvalue weighted by Crippen LogP contribution is 2.32. The lowest BCUT2D eigenvalue weighted by Crippen LogP contribution is -2.50. The molecule has 0 aromatic rings. The number of nitrogens with one attached hydrogen (secondary N) is 1. The van der Waals surface area contributed by atoms with Crippen molar-refractivity contribution in [1.29, 1.82) is 0 Å². The Hall–Kier alpha value is 0.270. The van der Waals surface area contributed by atoms with Crippen LogP contribution in [0.4, 0.5) is 0 Å². The lowest BCUT2D eigenvalue weighted by atomic mass is 10.0. The van der Waals surface area contributed by atoms with Gasteiger partial charge in [0.2, 0.25) is 0 Å². The highest BCUT2D eigenvalue weighted by atomic mass is 32.2. The fraction of sp³-hybridized carbons (Fsp3) is 1.00. The van der Waals surface area contributed by atoms with E-state index in [1.807, 2.05) is 0 Å². The third kappa shape index (κ3) is 3.87. The minimum atomic E-state index is 0.627. The molecule has 1 saturated heterocycles. The van der Waals surface area contributed by atoms with Crippen molar-refractivity contribution >= 4 is 11.8 Å². The molecule has 0 amide bonds. The Morgan fingerprint density at radius 2 is 2.06 bits per heavy atom. The maximum atomic E-state index is 3.71. The first-order valence-electron chi connectivity index (χ1n) is 7.22. The lowest BCUT2D eigenvalue weighted by molar-refractivity contribution is 0.135. The SMILES string of the molecule is CSC1CCC(N2CCCC(NC(C)C)C2)C1. The van der Waals surface area contributed by atoms with E-state index in [1.54, 1.807) is 0 Å². The van der Waals surface area contributed by atoms with Gasteiger partial charge in [-0.2, -0.15) is 11.8 Å². The largest absolute Gasteiger partial charge is 0.311 e. The summed E-state index contributed by atoms with van der Waals surface area (Å²) in [5, 5.41) is 4.64. The molecule has 1 aliphatic carbocycles. The van der Waals surface area contributed by atoms with E-state index in [2.05, 4.69) is 42.1 Å². The third-order valence-corrected chi connectivity index (χ3v) is 5.32. The topological polar surface area (TPSA) is 15.3 Å². The maximum absolute atomic E-state index is 3.71. The summed E-state index contributed by atoms with van der Waals surface area (Å²) in [7, 11) is 0. The van der Waals surface area contributed by atoms with Crippen LogP contribution < -0.4 is 5.32 Å². The van der Waals surface area contributed by atoms with E-state index in [9.17, 15) is 0 Å². The van der Waals surface area contributed by atoms with Crippen molar-refractivity contribution < 1.29 is 0 Å². The van der Waals surface area contributed by atoms with Crippen molar-refractivity contribution in [2.75, 3.05) is 19.3 Å². The van der Waals surface area contributed by atoms with E-state index in [0.717, 1.165) is 17.3 Å². The Kier molecular flexibility index (Phi) is 5.19. The first kappa shape index (κ1) is 13.7. The van der Waals surface area contributed by atoms with Crippen molar-refractivity contribution in [1.82, 2.24) is 10.2 Å². The van der Waals surface area contributed by atoms with Crippen molar-refractivity contribution in [3.63, 3.8) is 0 Å². The van der Waals surface area contributed by atoms with Gasteiger partial charge in [-0.1, -0.05) is 13.8 Å². The van der Waals surface area contributed by atoms with Crippen molar-refractivity contribution in [3.05, 3.63) is 0 Å². The molecular formula is C14H28N2S. The average Bonchev–Trinajstić information content (AvgIpc) is 2.77. The van der Waals surface area contributed by atoms with Gasteiger partial charge in [-0.15, -0.1) is 0 Å². The molecule has 0 aromatic carbocycles. The van der Waals surface area contributed by atoms with Crippen LogP contribution in [-0.4, -0.2) is 47.6 Å². The molecule has 100 valence electrons. The summed E-state index contributed by atoms with van der Waals surface area (Å²) in [5.41, 5.74) is 0. The average molecular weight is 256 g/mol. The molecule has 2 rings (SSSR count). The van der Waals surface area contributed by atoms with Gasteiger partial charge in [0.05, 0.1) is 0 Å². The Morgan fingerprint density at radius 3 is 2.71 bits per heavy atom. The van der Waals surface area contributed by atoms with Crippen LogP contribution in [0.15, 0.2) is 0 Å². The molecule has 17 heavy (non-hydrogen) atoms. The quantitative estimate of drug-likeness (QED) is 0.832. The highest BCUT2D eigenvalue weighted by Gasteiger charge is 2.31. The van der Waals surface area contributed by atoms with E-state index < -0.39 is 0 Å². The predicted molar refractivity (Wildman–Crippen MR) is 77.8 cm³/mol. The van der Waals surface area contributed by atoms with Crippen LogP contribution >= 0.6 is 11.8 Å². The van der Waals surface area contributed by atoms with Crippen LogP contribution in [0.25, 0.3) is 0 Å². The number of nitrogens with zero attached hydrogens (tertiary/aromatic N) is 1. The number of hydrogen-bond donors (Lipinski definition) is 1. The summed E-state index contributed by atoms with van der Waals surface area (Å²) in [5.74, 6) is 0. The minimum absolute atomic E-state index is 0.627. The molecule has 3 unspecified atom stereocenters. The second kappa shape index (κ2) is 6.44. The van der Waals surface area contributed by atoms with Crippen molar-refractivity contribution in [2.24, 2.45) is 0 Å². The summed E-state index contributed by atoms with van der Waals surface area (Å²) in [6.45, 7) is 7.14. The molecule has 0 radical (unpaired) electrons. The normalized spacial score (nSPS) is 35.6. The van der Waals surface area contributed by atoms with E-state index in [4.69, 9.17) is 0 Å². The van der Waals surface area contributed by atoms with Crippen LogP contribution in [0.3, 0.4) is 0 Å². The smallest absolute Gasteiger partial charge is 0.0197 e. The number of hydrogen-bond acceptors (Lipinski definition) is 3. The van der Waals surface area contributed by atoms with Crippen LogP contribution in [0.2, 0.25) is 0 Å². The van der Waals surface area contributed by atoms with Gasteiger partial charge in [0, 0.05) is 29.9 Å². The van der Waals surface area contributed by atoms with Gasteiger partial charge in [0.1, 0.15) is 0 Å². The van der Waals surface area contributed by atoms with Crippen LogP contribution in [0, 0.1) is 0 Å². The van der Waals surface area contributed by atoms with Gasteiger partial charge in [-0.05, 0) is 44.9 Å². The molecular weight excluding hydrogens is 228 g/mol. The zero-order chi connectivity index (χ0) is 12.3. The summed E-state index contributed by atoms with van der Waals surface area (Å²) >= 11 is 2.07. The molecule has 2 fully saturated rings.